The quantitative estimate of drug-likeness (QED) is 0.510. The highest BCUT2D eigenvalue weighted by atomic mass is 79.9. The van der Waals surface area contributed by atoms with Crippen LogP contribution in [0.25, 0.3) is 0 Å². The molecule has 0 spiro atoms. The van der Waals surface area contributed by atoms with Crippen molar-refractivity contribution in [2.45, 2.75) is 39.8 Å². The summed E-state index contributed by atoms with van der Waals surface area (Å²) in [6.07, 6.45) is -0.805. The maximum atomic E-state index is 14.3. The van der Waals surface area contributed by atoms with Crippen LogP contribution < -0.4 is 15.8 Å². The van der Waals surface area contributed by atoms with E-state index in [1.165, 1.54) is 23.6 Å². The summed E-state index contributed by atoms with van der Waals surface area (Å²) in [5.41, 5.74) is -2.02. The highest BCUT2D eigenvalue weighted by Gasteiger charge is 2.39. The van der Waals surface area contributed by atoms with Crippen LogP contribution in [0.4, 0.5) is 32.1 Å². The zero-order valence-corrected chi connectivity index (χ0v) is 18.4. The van der Waals surface area contributed by atoms with Crippen molar-refractivity contribution in [1.29, 1.82) is 0 Å². The first-order valence-corrected chi connectivity index (χ1v) is 9.84. The maximum absolute atomic E-state index is 14.3. The Morgan fingerprint density at radius 2 is 2.00 bits per heavy atom. The molecule has 0 unspecified atom stereocenters. The highest BCUT2D eigenvalue weighted by Crippen LogP contribution is 2.41. The minimum atomic E-state index is -0.827. The molecule has 1 aliphatic rings. The third kappa shape index (κ3) is 4.02. The molecule has 0 fully saturated rings. The number of carbonyl (C=O) groups is 1. The van der Waals surface area contributed by atoms with Gasteiger partial charge in [0.15, 0.2) is 0 Å². The predicted octanol–water partition coefficient (Wildman–Crippen LogP) is 4.47. The first-order valence-electron chi connectivity index (χ1n) is 9.05. The van der Waals surface area contributed by atoms with Crippen LogP contribution >= 0.6 is 15.9 Å². The second-order valence-corrected chi connectivity index (χ2v) is 8.68. The molecule has 1 aromatic heterocycles. The summed E-state index contributed by atoms with van der Waals surface area (Å²) in [5, 5.41) is 14.7. The molecule has 0 bridgehead atoms. The van der Waals surface area contributed by atoms with Gasteiger partial charge in [-0.15, -0.1) is 0 Å². The van der Waals surface area contributed by atoms with Gasteiger partial charge in [-0.1, -0.05) is 15.9 Å². The zero-order valence-electron chi connectivity index (χ0n) is 16.8. The van der Waals surface area contributed by atoms with Crippen molar-refractivity contribution < 1.29 is 18.8 Å². The van der Waals surface area contributed by atoms with Crippen LogP contribution in [0.2, 0.25) is 0 Å². The lowest BCUT2D eigenvalue weighted by Gasteiger charge is -2.24. The Morgan fingerprint density at radius 3 is 2.57 bits per heavy atom. The molecule has 0 radical (unpaired) electrons. The molecule has 11 heteroatoms. The number of benzene rings is 1. The van der Waals surface area contributed by atoms with Gasteiger partial charge in [0.1, 0.15) is 17.1 Å². The average molecular weight is 483 g/mol. The largest absolute Gasteiger partial charge is 0.443 e. The number of hydrogen-bond acceptors (Lipinski definition) is 6. The summed E-state index contributed by atoms with van der Waals surface area (Å²) >= 11 is 3.15. The van der Waals surface area contributed by atoms with E-state index < -0.39 is 33.7 Å². The summed E-state index contributed by atoms with van der Waals surface area (Å²) in [4.78, 5) is 37.9. The van der Waals surface area contributed by atoms with Gasteiger partial charge in [-0.25, -0.2) is 9.18 Å². The van der Waals surface area contributed by atoms with E-state index in [0.29, 0.717) is 4.47 Å². The summed E-state index contributed by atoms with van der Waals surface area (Å²) in [7, 11) is 0. The fourth-order valence-electron chi connectivity index (χ4n) is 3.16. The molecular weight excluding hydrogens is 463 g/mol. The van der Waals surface area contributed by atoms with Crippen molar-refractivity contribution in [3.63, 3.8) is 0 Å². The van der Waals surface area contributed by atoms with E-state index in [9.17, 15) is 24.1 Å². The molecule has 1 aromatic carbocycles. The lowest BCUT2D eigenvalue weighted by atomic mass is 10.2. The lowest BCUT2D eigenvalue weighted by molar-refractivity contribution is -0.383. The molecule has 30 heavy (non-hydrogen) atoms. The third-order valence-electron chi connectivity index (χ3n) is 4.44. The summed E-state index contributed by atoms with van der Waals surface area (Å²) in [6.45, 7) is 6.54. The third-order valence-corrected chi connectivity index (χ3v) is 4.93. The molecule has 2 aromatic rings. The summed E-state index contributed by atoms with van der Waals surface area (Å²) < 4.78 is 21.3. The van der Waals surface area contributed by atoms with Gasteiger partial charge in [-0.05, 0) is 45.9 Å². The zero-order chi connectivity index (χ0) is 22.4. The number of halogens is 2. The monoisotopic (exact) mass is 482 g/mol. The van der Waals surface area contributed by atoms with Crippen molar-refractivity contribution in [2.75, 3.05) is 16.8 Å². The fourth-order valence-corrected chi connectivity index (χ4v) is 3.49. The van der Waals surface area contributed by atoms with Crippen LogP contribution in [0, 0.1) is 22.9 Å². The Morgan fingerprint density at radius 1 is 1.33 bits per heavy atom. The van der Waals surface area contributed by atoms with Gasteiger partial charge in [0.2, 0.25) is 5.82 Å². The van der Waals surface area contributed by atoms with Crippen LogP contribution in [-0.4, -0.2) is 27.7 Å². The maximum Gasteiger partial charge on any atom is 0.416 e. The topological polar surface area (TPSA) is 107 Å². The Balaban J connectivity index is 2.19. The van der Waals surface area contributed by atoms with Gasteiger partial charge in [-0.2, -0.15) is 0 Å². The number of rotatable bonds is 3. The number of nitrogens with zero attached hydrogens (tertiary/aromatic N) is 3. The van der Waals surface area contributed by atoms with Crippen LogP contribution in [0.1, 0.15) is 26.3 Å². The summed E-state index contributed by atoms with van der Waals surface area (Å²) in [6, 6.07) is 4.13. The first-order chi connectivity index (χ1) is 13.9. The number of carbonyl (C=O) groups excluding carboxylic acids is 1. The van der Waals surface area contributed by atoms with Gasteiger partial charge in [-0.3, -0.25) is 24.4 Å². The lowest BCUT2D eigenvalue weighted by Crippen LogP contribution is -2.36. The molecule has 3 rings (SSSR count). The number of amides is 1. The SMILES string of the molecule is Cc1c(Nc2ccc(Br)cc2F)c([N+](=O)[O-])c2n(c1=O)CCN2C(=O)OC(C)(C)C. The molecule has 160 valence electrons. The van der Waals surface area contributed by atoms with E-state index in [2.05, 4.69) is 21.2 Å². The molecule has 1 N–H and O–H groups in total. The van der Waals surface area contributed by atoms with Gasteiger partial charge >= 0.3 is 11.8 Å². The molecule has 1 aliphatic heterocycles. The van der Waals surface area contributed by atoms with Crippen molar-refractivity contribution >= 4 is 44.9 Å². The minimum Gasteiger partial charge on any atom is -0.443 e. The molecule has 0 atom stereocenters. The predicted molar refractivity (Wildman–Crippen MR) is 113 cm³/mol. The number of pyridine rings is 1. The van der Waals surface area contributed by atoms with E-state index in [0.717, 1.165) is 4.90 Å². The number of nitro groups is 1. The molecule has 9 nitrogen and oxygen atoms in total. The van der Waals surface area contributed by atoms with E-state index in [1.807, 2.05) is 0 Å². The fraction of sp³-hybridized carbons (Fsp3) is 0.368. The summed E-state index contributed by atoms with van der Waals surface area (Å²) in [5.74, 6) is -0.854. The van der Waals surface area contributed by atoms with E-state index in [4.69, 9.17) is 4.74 Å². The van der Waals surface area contributed by atoms with Crippen LogP contribution in [0.5, 0.6) is 0 Å². The molecule has 2 heterocycles. The number of aromatic nitrogens is 1. The number of hydrogen-bond donors (Lipinski definition) is 1. The van der Waals surface area contributed by atoms with Crippen molar-refractivity contribution in [3.05, 3.63) is 54.5 Å². The minimum absolute atomic E-state index is 0.0406. The number of anilines is 3. The molecular formula is C19H20BrFN4O5. The van der Waals surface area contributed by atoms with Crippen molar-refractivity contribution in [3.8, 4) is 0 Å². The normalized spacial score (nSPS) is 13.2. The molecule has 0 aliphatic carbocycles. The highest BCUT2D eigenvalue weighted by molar-refractivity contribution is 9.10. The molecule has 1 amide bonds. The Hall–Kier alpha value is -2.95. The number of nitrogens with one attached hydrogen (secondary N) is 1. The smallest absolute Gasteiger partial charge is 0.416 e. The molecule has 0 saturated carbocycles. The van der Waals surface area contributed by atoms with Crippen molar-refractivity contribution in [1.82, 2.24) is 4.57 Å². The van der Waals surface area contributed by atoms with Gasteiger partial charge < -0.3 is 10.1 Å². The average Bonchev–Trinajstić information content (AvgIpc) is 3.04. The van der Waals surface area contributed by atoms with Gasteiger partial charge in [0, 0.05) is 23.1 Å². The van der Waals surface area contributed by atoms with Gasteiger partial charge in [0.25, 0.3) is 5.56 Å². The Labute approximate surface area is 179 Å². The van der Waals surface area contributed by atoms with Crippen LogP contribution in [0.3, 0.4) is 0 Å². The standard InChI is InChI=1S/C19H20BrFN4O5/c1-10-14(22-13-6-5-11(20)9-12(13)21)15(25(28)29)16-23(17(10)26)7-8-24(16)18(27)30-19(2,3)4/h5-6,9,22H,7-8H2,1-4H3. The first kappa shape index (κ1) is 21.8. The van der Waals surface area contributed by atoms with Crippen LogP contribution in [0.15, 0.2) is 27.5 Å². The Bertz CT molecular complexity index is 1110. The van der Waals surface area contributed by atoms with Crippen molar-refractivity contribution in [2.24, 2.45) is 0 Å². The van der Waals surface area contributed by atoms with E-state index >= 15 is 0 Å². The van der Waals surface area contributed by atoms with Gasteiger partial charge in [0.05, 0.1) is 10.6 Å². The Kier molecular flexibility index (Phi) is 5.59. The van der Waals surface area contributed by atoms with Crippen LogP contribution in [-0.2, 0) is 11.3 Å². The molecule has 0 saturated heterocycles. The second kappa shape index (κ2) is 7.71. The van der Waals surface area contributed by atoms with E-state index in [1.54, 1.807) is 26.8 Å². The van der Waals surface area contributed by atoms with E-state index in [-0.39, 0.29) is 35.8 Å². The number of ether oxygens (including phenoxy) is 1. The second-order valence-electron chi connectivity index (χ2n) is 7.77. The number of fused-ring (bicyclic) bond motifs is 1.